The molecule has 0 unspecified atom stereocenters. The van der Waals surface area contributed by atoms with E-state index in [1.54, 1.807) is 31.2 Å². The fraction of sp³-hybridized carbons (Fsp3) is 0.231. The number of carbonyl (C=O) groups is 1. The number of hydrogen-bond acceptors (Lipinski definition) is 6. The van der Waals surface area contributed by atoms with Crippen molar-refractivity contribution in [3.8, 4) is 0 Å². The number of aryl methyl sites for hydroxylation is 1. The summed E-state index contributed by atoms with van der Waals surface area (Å²) in [6.07, 6.45) is 1.16. The monoisotopic (exact) mass is 326 g/mol. The number of aromatic carboxylic acids is 1. The molecule has 112 valence electrons. The van der Waals surface area contributed by atoms with Crippen LogP contribution in [0.25, 0.3) is 0 Å². The van der Waals surface area contributed by atoms with Crippen molar-refractivity contribution >= 4 is 32.3 Å². The normalized spacial score (nSPS) is 11.3. The number of nitrogens with zero attached hydrogens (tertiary/aromatic N) is 1. The van der Waals surface area contributed by atoms with Crippen LogP contribution in [0.5, 0.6) is 0 Å². The van der Waals surface area contributed by atoms with E-state index in [-0.39, 0.29) is 10.6 Å². The molecule has 8 heteroatoms. The summed E-state index contributed by atoms with van der Waals surface area (Å²) in [5.74, 6) is -1.05. The van der Waals surface area contributed by atoms with E-state index in [0.29, 0.717) is 16.6 Å². The Morgan fingerprint density at radius 3 is 2.43 bits per heavy atom. The van der Waals surface area contributed by atoms with Crippen molar-refractivity contribution in [2.24, 2.45) is 0 Å². The van der Waals surface area contributed by atoms with Crippen molar-refractivity contribution in [2.45, 2.75) is 18.4 Å². The maximum absolute atomic E-state index is 11.3. The molecule has 0 spiro atoms. The number of thiazole rings is 1. The number of benzene rings is 1. The van der Waals surface area contributed by atoms with Gasteiger partial charge < -0.3 is 10.4 Å². The van der Waals surface area contributed by atoms with Crippen molar-refractivity contribution < 1.29 is 18.3 Å². The maximum atomic E-state index is 11.3. The average Bonchev–Trinajstić information content (AvgIpc) is 2.77. The third-order valence-electron chi connectivity index (χ3n) is 2.79. The lowest BCUT2D eigenvalue weighted by atomic mass is 10.2. The van der Waals surface area contributed by atoms with Crippen molar-refractivity contribution in [1.82, 2.24) is 4.98 Å². The zero-order chi connectivity index (χ0) is 15.6. The summed E-state index contributed by atoms with van der Waals surface area (Å²) < 4.78 is 22.7. The standard InChI is InChI=1S/C13H14N2O4S2/c1-8-11(12(16)17)15-13(20-8)14-7-9-3-5-10(6-4-9)21(2,18)19/h3-6H,7H2,1-2H3,(H,14,15)(H,16,17). The highest BCUT2D eigenvalue weighted by molar-refractivity contribution is 7.90. The van der Waals surface area contributed by atoms with Crippen LogP contribution < -0.4 is 5.32 Å². The molecule has 2 aromatic rings. The Bertz CT molecular complexity index is 764. The van der Waals surface area contributed by atoms with Crippen LogP contribution in [0.1, 0.15) is 20.9 Å². The van der Waals surface area contributed by atoms with Crippen LogP contribution in [-0.2, 0) is 16.4 Å². The summed E-state index contributed by atoms with van der Waals surface area (Å²) in [7, 11) is -3.19. The van der Waals surface area contributed by atoms with Gasteiger partial charge in [-0.15, -0.1) is 11.3 Å². The molecule has 6 nitrogen and oxygen atoms in total. The van der Waals surface area contributed by atoms with Gasteiger partial charge in [0.2, 0.25) is 0 Å². The molecule has 1 heterocycles. The van der Waals surface area contributed by atoms with Gasteiger partial charge in [-0.1, -0.05) is 12.1 Å². The van der Waals surface area contributed by atoms with Gasteiger partial charge in [-0.3, -0.25) is 0 Å². The molecule has 0 aliphatic heterocycles. The van der Waals surface area contributed by atoms with E-state index in [0.717, 1.165) is 11.8 Å². The van der Waals surface area contributed by atoms with E-state index in [4.69, 9.17) is 5.11 Å². The van der Waals surface area contributed by atoms with E-state index in [1.165, 1.54) is 11.3 Å². The van der Waals surface area contributed by atoms with Crippen LogP contribution in [0.4, 0.5) is 5.13 Å². The molecule has 0 atom stereocenters. The molecule has 0 saturated heterocycles. The van der Waals surface area contributed by atoms with Crippen molar-refractivity contribution in [3.05, 3.63) is 40.4 Å². The minimum atomic E-state index is -3.19. The summed E-state index contributed by atoms with van der Waals surface area (Å²) in [6.45, 7) is 2.14. The molecule has 0 fully saturated rings. The summed E-state index contributed by atoms with van der Waals surface area (Å²) in [5.41, 5.74) is 0.932. The molecular formula is C13H14N2O4S2. The van der Waals surface area contributed by atoms with Gasteiger partial charge in [-0.05, 0) is 24.6 Å². The summed E-state index contributed by atoms with van der Waals surface area (Å²) in [5, 5.41) is 12.5. The maximum Gasteiger partial charge on any atom is 0.355 e. The molecule has 0 saturated carbocycles. The zero-order valence-electron chi connectivity index (χ0n) is 11.5. The third kappa shape index (κ3) is 3.79. The highest BCUT2D eigenvalue weighted by Gasteiger charge is 2.13. The lowest BCUT2D eigenvalue weighted by molar-refractivity contribution is 0.0690. The lowest BCUT2D eigenvalue weighted by Crippen LogP contribution is -2.02. The molecule has 2 rings (SSSR count). The number of anilines is 1. The van der Waals surface area contributed by atoms with Crippen molar-refractivity contribution in [1.29, 1.82) is 0 Å². The van der Waals surface area contributed by atoms with Gasteiger partial charge in [0.05, 0.1) is 4.90 Å². The fourth-order valence-electron chi connectivity index (χ4n) is 1.70. The number of sulfone groups is 1. The Morgan fingerprint density at radius 2 is 1.95 bits per heavy atom. The second-order valence-corrected chi connectivity index (χ2v) is 7.72. The topological polar surface area (TPSA) is 96.4 Å². The smallest absolute Gasteiger partial charge is 0.355 e. The third-order valence-corrected chi connectivity index (χ3v) is 4.85. The van der Waals surface area contributed by atoms with Crippen LogP contribution in [0.2, 0.25) is 0 Å². The Morgan fingerprint density at radius 1 is 1.33 bits per heavy atom. The zero-order valence-corrected chi connectivity index (χ0v) is 13.1. The first-order chi connectivity index (χ1) is 9.77. The molecule has 2 N–H and O–H groups in total. The van der Waals surface area contributed by atoms with Gasteiger partial charge in [0, 0.05) is 17.7 Å². The molecular weight excluding hydrogens is 312 g/mol. The van der Waals surface area contributed by atoms with Crippen molar-refractivity contribution in [3.63, 3.8) is 0 Å². The summed E-state index contributed by atoms with van der Waals surface area (Å²) in [6, 6.07) is 6.51. The van der Waals surface area contributed by atoms with Crippen LogP contribution >= 0.6 is 11.3 Å². The quantitative estimate of drug-likeness (QED) is 0.874. The van der Waals surface area contributed by atoms with E-state index < -0.39 is 15.8 Å². The van der Waals surface area contributed by atoms with Crippen LogP contribution in [0.15, 0.2) is 29.2 Å². The second kappa shape index (κ2) is 5.82. The minimum absolute atomic E-state index is 0.0509. The van der Waals surface area contributed by atoms with Crippen LogP contribution in [0.3, 0.4) is 0 Å². The number of carboxylic acid groups (broad SMARTS) is 1. The predicted molar refractivity (Wildman–Crippen MR) is 80.7 cm³/mol. The van der Waals surface area contributed by atoms with Crippen molar-refractivity contribution in [2.75, 3.05) is 11.6 Å². The number of aromatic nitrogens is 1. The van der Waals surface area contributed by atoms with Crippen LogP contribution in [-0.4, -0.2) is 30.7 Å². The van der Waals surface area contributed by atoms with E-state index in [1.807, 2.05) is 0 Å². The lowest BCUT2D eigenvalue weighted by Gasteiger charge is -2.04. The molecule has 0 radical (unpaired) electrons. The predicted octanol–water partition coefficient (Wildman–Crippen LogP) is 2.17. The number of carboxylic acids is 1. The molecule has 0 amide bonds. The van der Waals surface area contributed by atoms with Gasteiger partial charge in [-0.2, -0.15) is 0 Å². The van der Waals surface area contributed by atoms with Crippen LogP contribution in [0, 0.1) is 6.92 Å². The van der Waals surface area contributed by atoms with Gasteiger partial charge in [0.1, 0.15) is 0 Å². The number of nitrogens with one attached hydrogen (secondary N) is 1. The van der Waals surface area contributed by atoms with Gasteiger partial charge in [0.15, 0.2) is 20.7 Å². The molecule has 1 aromatic carbocycles. The Hall–Kier alpha value is -1.93. The first-order valence-electron chi connectivity index (χ1n) is 6.01. The van der Waals surface area contributed by atoms with Gasteiger partial charge in [0.25, 0.3) is 0 Å². The highest BCUT2D eigenvalue weighted by atomic mass is 32.2. The summed E-state index contributed by atoms with van der Waals surface area (Å²) >= 11 is 1.27. The second-order valence-electron chi connectivity index (χ2n) is 4.50. The fourth-order valence-corrected chi connectivity index (χ4v) is 3.13. The first-order valence-corrected chi connectivity index (χ1v) is 8.72. The first kappa shape index (κ1) is 15.5. The van der Waals surface area contributed by atoms with Gasteiger partial charge >= 0.3 is 5.97 Å². The van der Waals surface area contributed by atoms with E-state index in [2.05, 4.69) is 10.3 Å². The Balaban J connectivity index is 2.06. The SMILES string of the molecule is Cc1sc(NCc2ccc(S(C)(=O)=O)cc2)nc1C(=O)O. The Labute approximate surface area is 126 Å². The molecule has 0 bridgehead atoms. The largest absolute Gasteiger partial charge is 0.476 e. The number of hydrogen-bond donors (Lipinski definition) is 2. The molecule has 0 aliphatic carbocycles. The molecule has 0 aliphatic rings. The highest BCUT2D eigenvalue weighted by Crippen LogP contribution is 2.22. The van der Waals surface area contributed by atoms with E-state index >= 15 is 0 Å². The molecule has 21 heavy (non-hydrogen) atoms. The minimum Gasteiger partial charge on any atom is -0.476 e. The molecule has 1 aromatic heterocycles. The average molecular weight is 326 g/mol. The van der Waals surface area contributed by atoms with E-state index in [9.17, 15) is 13.2 Å². The van der Waals surface area contributed by atoms with Gasteiger partial charge in [-0.25, -0.2) is 18.2 Å². The Kier molecular flexibility index (Phi) is 4.29. The summed E-state index contributed by atoms with van der Waals surface area (Å²) in [4.78, 5) is 15.8. The number of rotatable bonds is 5.